The summed E-state index contributed by atoms with van der Waals surface area (Å²) in [5.41, 5.74) is 9.51. The molecule has 0 N–H and O–H groups in total. The Bertz CT molecular complexity index is 1860. The van der Waals surface area contributed by atoms with Gasteiger partial charge in [-0.15, -0.1) is 0 Å². The lowest BCUT2D eigenvalue weighted by Gasteiger charge is -2.34. The maximum atomic E-state index is 13.4. The molecule has 0 bridgehead atoms. The number of benzene rings is 1. The van der Waals surface area contributed by atoms with Crippen molar-refractivity contribution in [1.29, 1.82) is 0 Å². The summed E-state index contributed by atoms with van der Waals surface area (Å²) in [7, 11) is 0. The number of fused-ring (bicyclic) bond motifs is 2. The number of likely N-dealkylation sites (tertiary alicyclic amines) is 1. The van der Waals surface area contributed by atoms with E-state index in [4.69, 9.17) is 14.5 Å². The molecule has 0 radical (unpaired) electrons. The van der Waals surface area contributed by atoms with E-state index in [1.807, 2.05) is 73.4 Å². The van der Waals surface area contributed by atoms with Crippen molar-refractivity contribution >= 4 is 23.2 Å². The van der Waals surface area contributed by atoms with Crippen LogP contribution in [0.25, 0.3) is 22.2 Å². The van der Waals surface area contributed by atoms with Crippen molar-refractivity contribution in [2.75, 3.05) is 13.1 Å². The van der Waals surface area contributed by atoms with Gasteiger partial charge < -0.3 is 14.4 Å². The molecule has 1 fully saturated rings. The Morgan fingerprint density at radius 3 is 2.25 bits per heavy atom. The highest BCUT2D eigenvalue weighted by atomic mass is 16.6. The van der Waals surface area contributed by atoms with E-state index in [1.165, 1.54) is 26.8 Å². The van der Waals surface area contributed by atoms with E-state index in [1.54, 1.807) is 6.20 Å². The number of ether oxygens (including phenoxy) is 2. The van der Waals surface area contributed by atoms with Crippen molar-refractivity contribution in [2.24, 2.45) is 0 Å². The summed E-state index contributed by atoms with van der Waals surface area (Å²) in [5.74, 6) is 0. The zero-order valence-corrected chi connectivity index (χ0v) is 29.9. The van der Waals surface area contributed by atoms with E-state index in [2.05, 4.69) is 40.2 Å². The van der Waals surface area contributed by atoms with Crippen LogP contribution >= 0.6 is 0 Å². The highest BCUT2D eigenvalue weighted by Crippen LogP contribution is 2.40. The summed E-state index contributed by atoms with van der Waals surface area (Å²) in [6.45, 7) is 20.7. The predicted molar refractivity (Wildman–Crippen MR) is 188 cm³/mol. The highest BCUT2D eigenvalue weighted by molar-refractivity contribution is 5.91. The molecule has 0 unspecified atom stereocenters. The minimum atomic E-state index is -0.614. The molecule has 1 aromatic carbocycles. The van der Waals surface area contributed by atoms with Gasteiger partial charge in [0.15, 0.2) is 0 Å². The molecule has 4 aromatic rings. The number of hydrogen-bond donors (Lipinski definition) is 0. The third kappa shape index (κ3) is 7.26. The topological polar surface area (TPSA) is 89.8 Å². The summed E-state index contributed by atoms with van der Waals surface area (Å²) < 4.78 is 13.0. The third-order valence-electron chi connectivity index (χ3n) is 9.00. The van der Waals surface area contributed by atoms with Gasteiger partial charge in [-0.25, -0.2) is 19.1 Å². The first-order chi connectivity index (χ1) is 22.5. The van der Waals surface area contributed by atoms with Crippen molar-refractivity contribution in [3.05, 3.63) is 81.9 Å². The normalized spacial score (nSPS) is 17.1. The van der Waals surface area contributed by atoms with Gasteiger partial charge in [0.1, 0.15) is 16.8 Å². The average Bonchev–Trinajstić information content (AvgIpc) is 3.59. The first kappa shape index (κ1) is 33.7. The Labute approximate surface area is 284 Å². The zero-order chi connectivity index (χ0) is 34.5. The van der Waals surface area contributed by atoms with Gasteiger partial charge in [0.05, 0.1) is 6.04 Å². The van der Waals surface area contributed by atoms with Crippen molar-refractivity contribution in [3.63, 3.8) is 0 Å². The molecule has 5 heterocycles. The molecule has 0 spiro atoms. The maximum absolute atomic E-state index is 13.4. The SMILES string of the molecule is Cc1cc(CN2CCc3c(cc(-c4cnc5c(c4)c(C)cn5C(=O)OC(C)(C)C)cc3[C@@H]3CCCN3C(=O)OC(C)(C)C)C2)cc(C)n1. The minimum absolute atomic E-state index is 0.0581. The smallest absolute Gasteiger partial charge is 0.420 e. The first-order valence-electron chi connectivity index (χ1n) is 17.1. The van der Waals surface area contributed by atoms with Gasteiger partial charge in [-0.05, 0) is 145 Å². The van der Waals surface area contributed by atoms with Crippen LogP contribution in [0.1, 0.15) is 99.6 Å². The molecule has 0 aliphatic carbocycles. The number of hydrogen-bond acceptors (Lipinski definition) is 7. The van der Waals surface area contributed by atoms with Crippen LogP contribution in [0.3, 0.4) is 0 Å². The molecule has 2 aliphatic rings. The molecular weight excluding hydrogens is 602 g/mol. The Morgan fingerprint density at radius 1 is 0.875 bits per heavy atom. The lowest BCUT2D eigenvalue weighted by atomic mass is 9.86. The third-order valence-corrected chi connectivity index (χ3v) is 9.00. The number of aromatic nitrogens is 3. The Hall–Kier alpha value is -4.24. The minimum Gasteiger partial charge on any atom is -0.444 e. The van der Waals surface area contributed by atoms with Crippen molar-refractivity contribution in [1.82, 2.24) is 24.3 Å². The first-order valence-corrected chi connectivity index (χ1v) is 17.1. The molecule has 1 saturated heterocycles. The van der Waals surface area contributed by atoms with E-state index in [0.29, 0.717) is 12.2 Å². The summed E-state index contributed by atoms with van der Waals surface area (Å²) in [5, 5.41) is 0.902. The Balaban J connectivity index is 1.40. The van der Waals surface area contributed by atoms with Gasteiger partial charge in [0, 0.05) is 60.9 Å². The number of carbonyl (C=O) groups excluding carboxylic acids is 2. The quantitative estimate of drug-likeness (QED) is 0.219. The number of carbonyl (C=O) groups is 2. The fraction of sp³-hybridized carbons (Fsp3) is 0.487. The lowest BCUT2D eigenvalue weighted by molar-refractivity contribution is 0.0223. The summed E-state index contributed by atoms with van der Waals surface area (Å²) in [6, 6.07) is 11.0. The summed E-state index contributed by atoms with van der Waals surface area (Å²) >= 11 is 0. The van der Waals surface area contributed by atoms with Crippen LogP contribution in [0.2, 0.25) is 0 Å². The molecule has 254 valence electrons. The second-order valence-electron chi connectivity index (χ2n) is 15.5. The van der Waals surface area contributed by atoms with Gasteiger partial charge >= 0.3 is 12.2 Å². The van der Waals surface area contributed by atoms with E-state index in [9.17, 15) is 9.59 Å². The van der Waals surface area contributed by atoms with Crippen LogP contribution in [0, 0.1) is 20.8 Å². The van der Waals surface area contributed by atoms with Crippen LogP contribution in [-0.2, 0) is 29.0 Å². The lowest BCUT2D eigenvalue weighted by Crippen LogP contribution is -2.37. The molecule has 48 heavy (non-hydrogen) atoms. The van der Waals surface area contributed by atoms with E-state index in [0.717, 1.165) is 72.4 Å². The number of rotatable bonds is 4. The van der Waals surface area contributed by atoms with Crippen LogP contribution in [0.4, 0.5) is 9.59 Å². The molecule has 6 rings (SSSR count). The van der Waals surface area contributed by atoms with E-state index < -0.39 is 17.3 Å². The van der Waals surface area contributed by atoms with Gasteiger partial charge in [-0.1, -0.05) is 0 Å². The fourth-order valence-electron chi connectivity index (χ4n) is 7.16. The number of nitrogens with zero attached hydrogens (tertiary/aromatic N) is 5. The van der Waals surface area contributed by atoms with Gasteiger partial charge in [-0.3, -0.25) is 9.88 Å². The molecule has 9 heteroatoms. The standard InChI is InChI=1S/C39H49N5O4/c1-24-21-44(37(46)48-39(7,8)9)35-32(24)19-29(20-40-35)28-17-30-23-42(22-27-15-25(2)41-26(3)16-27)14-12-31(30)33(18-28)34-11-10-13-43(34)36(45)47-38(4,5)6/h15-21,34H,10-14,22-23H2,1-9H3/t34-/m0/s1. The highest BCUT2D eigenvalue weighted by Gasteiger charge is 2.36. The molecule has 1 atom stereocenters. The molecule has 0 saturated carbocycles. The number of amides is 1. The number of aryl methyl sites for hydroxylation is 3. The van der Waals surface area contributed by atoms with Crippen LogP contribution in [0.15, 0.2) is 42.7 Å². The summed E-state index contributed by atoms with van der Waals surface area (Å²) in [6.07, 6.45) is 5.67. The second kappa shape index (κ2) is 12.7. The monoisotopic (exact) mass is 651 g/mol. The van der Waals surface area contributed by atoms with E-state index >= 15 is 0 Å². The van der Waals surface area contributed by atoms with Crippen LogP contribution in [0.5, 0.6) is 0 Å². The number of pyridine rings is 2. The van der Waals surface area contributed by atoms with Gasteiger partial charge in [0.25, 0.3) is 0 Å². The zero-order valence-electron chi connectivity index (χ0n) is 29.9. The van der Waals surface area contributed by atoms with E-state index in [-0.39, 0.29) is 12.1 Å². The molecule has 1 amide bonds. The average molecular weight is 652 g/mol. The molecule has 3 aromatic heterocycles. The van der Waals surface area contributed by atoms with Crippen molar-refractivity contribution in [2.45, 2.75) is 112 Å². The molecule has 9 nitrogen and oxygen atoms in total. The summed E-state index contributed by atoms with van der Waals surface area (Å²) in [4.78, 5) is 40.3. The van der Waals surface area contributed by atoms with Gasteiger partial charge in [0.2, 0.25) is 0 Å². The van der Waals surface area contributed by atoms with Crippen LogP contribution in [-0.4, -0.2) is 60.8 Å². The second-order valence-corrected chi connectivity index (χ2v) is 15.5. The largest absolute Gasteiger partial charge is 0.444 e. The van der Waals surface area contributed by atoms with Crippen molar-refractivity contribution < 1.29 is 19.1 Å². The molecule has 2 aliphatic heterocycles. The maximum Gasteiger partial charge on any atom is 0.420 e. The fourth-order valence-corrected chi connectivity index (χ4v) is 7.16. The van der Waals surface area contributed by atoms with Crippen LogP contribution < -0.4 is 0 Å². The van der Waals surface area contributed by atoms with Gasteiger partial charge in [-0.2, -0.15) is 0 Å². The molecular formula is C39H49N5O4. The predicted octanol–water partition coefficient (Wildman–Crippen LogP) is 8.44. The Kier molecular flexibility index (Phi) is 8.87. The van der Waals surface area contributed by atoms with Crippen molar-refractivity contribution in [3.8, 4) is 11.1 Å². The Morgan fingerprint density at radius 2 is 1.56 bits per heavy atom.